The lowest BCUT2D eigenvalue weighted by molar-refractivity contribution is 0.0240. The summed E-state index contributed by atoms with van der Waals surface area (Å²) in [5, 5.41) is 0. The third-order valence-electron chi connectivity index (χ3n) is 10.7. The lowest BCUT2D eigenvalue weighted by Crippen LogP contribution is -2.50. The first-order chi connectivity index (χ1) is 24.4. The molecule has 10 heteroatoms. The quantitative estimate of drug-likeness (QED) is 0.171. The Labute approximate surface area is 308 Å². The monoisotopic (exact) mass is 731 g/mol. The Bertz CT molecular complexity index is 1830. The Morgan fingerprint density at radius 3 is 2.02 bits per heavy atom. The van der Waals surface area contributed by atoms with E-state index < -0.39 is 43.1 Å². The van der Waals surface area contributed by atoms with Crippen LogP contribution in [-0.2, 0) is 11.3 Å². The van der Waals surface area contributed by atoms with Gasteiger partial charge in [-0.3, -0.25) is 4.79 Å². The van der Waals surface area contributed by atoms with Gasteiger partial charge in [0.2, 0.25) is 0 Å². The fraction of sp³-hybridized carbons (Fsp3) is 0.476. The Balaban J connectivity index is 1.39. The Morgan fingerprint density at radius 1 is 0.827 bits per heavy atom. The Kier molecular flexibility index (Phi) is 11.5. The van der Waals surface area contributed by atoms with Gasteiger partial charge in [0.05, 0.1) is 12.6 Å². The van der Waals surface area contributed by atoms with Crippen LogP contribution < -0.4 is 4.90 Å². The minimum atomic E-state index is -2.14. The lowest BCUT2D eigenvalue weighted by Gasteiger charge is -2.38. The van der Waals surface area contributed by atoms with E-state index in [0.29, 0.717) is 48.4 Å². The van der Waals surface area contributed by atoms with Gasteiger partial charge in [0.15, 0.2) is 0 Å². The minimum absolute atomic E-state index is 0.0320. The van der Waals surface area contributed by atoms with E-state index in [1.165, 1.54) is 11.0 Å². The second-order valence-corrected chi connectivity index (χ2v) is 21.6. The van der Waals surface area contributed by atoms with Crippen molar-refractivity contribution >= 4 is 25.8 Å². The third-order valence-corrected chi connectivity index (χ3v) is 17.0. The molecule has 5 rings (SSSR count). The van der Waals surface area contributed by atoms with E-state index in [1.54, 1.807) is 11.0 Å². The van der Waals surface area contributed by atoms with Gasteiger partial charge in [-0.25, -0.2) is 18.0 Å². The van der Waals surface area contributed by atoms with Crippen molar-refractivity contribution in [1.29, 1.82) is 0 Å². The van der Waals surface area contributed by atoms with Crippen LogP contribution >= 0.6 is 0 Å². The number of halogens is 3. The van der Waals surface area contributed by atoms with E-state index in [4.69, 9.17) is 4.74 Å². The number of piperazine rings is 1. The smallest absolute Gasteiger partial charge is 0.410 e. The summed E-state index contributed by atoms with van der Waals surface area (Å²) in [4.78, 5) is 31.9. The number of fused-ring (bicyclic) bond motifs is 1. The number of nitrogens with zero attached hydrogens (tertiary/aromatic N) is 3. The normalized spacial score (nSPS) is 15.7. The number of hydrogen-bond acceptors (Lipinski definition) is 4. The van der Waals surface area contributed by atoms with Crippen LogP contribution in [0.2, 0.25) is 16.6 Å². The molecule has 2 heterocycles. The van der Waals surface area contributed by atoms with Crippen LogP contribution in [0.3, 0.4) is 0 Å². The maximum Gasteiger partial charge on any atom is 0.410 e. The molecule has 52 heavy (non-hydrogen) atoms. The van der Waals surface area contributed by atoms with Crippen molar-refractivity contribution in [2.24, 2.45) is 0 Å². The first kappa shape index (κ1) is 39.0. The summed E-state index contributed by atoms with van der Waals surface area (Å²) >= 11 is 0. The molecule has 1 atom stereocenters. The van der Waals surface area contributed by atoms with Gasteiger partial charge < -0.3 is 19.4 Å². The number of hydrogen-bond donors (Lipinski definition) is 0. The van der Waals surface area contributed by atoms with E-state index >= 15 is 8.78 Å². The van der Waals surface area contributed by atoms with Gasteiger partial charge in [-0.1, -0.05) is 53.7 Å². The molecular formula is C42H52F3N3O3Si. The molecule has 0 radical (unpaired) electrons. The molecule has 3 aromatic rings. The summed E-state index contributed by atoms with van der Waals surface area (Å²) in [6.45, 7) is 21.0. The number of carbonyl (C=O) groups is 2. The molecule has 0 N–H and O–H groups in total. The van der Waals surface area contributed by atoms with Gasteiger partial charge in [0, 0.05) is 55.0 Å². The molecule has 2 amide bonds. The predicted octanol–water partition coefficient (Wildman–Crippen LogP) is 10.1. The van der Waals surface area contributed by atoms with Gasteiger partial charge in [-0.15, -0.1) is 11.5 Å². The molecule has 0 spiro atoms. The fourth-order valence-corrected chi connectivity index (χ4v) is 13.3. The molecule has 1 saturated heterocycles. The highest BCUT2D eigenvalue weighted by molar-refractivity contribution is 6.90. The molecule has 3 aromatic carbocycles. The zero-order chi connectivity index (χ0) is 38.1. The topological polar surface area (TPSA) is 53.1 Å². The molecule has 0 aromatic heterocycles. The zero-order valence-corrected chi connectivity index (χ0v) is 32.9. The van der Waals surface area contributed by atoms with Crippen molar-refractivity contribution in [3.63, 3.8) is 0 Å². The second-order valence-electron chi connectivity index (χ2n) is 16.0. The summed E-state index contributed by atoms with van der Waals surface area (Å²) in [6, 6.07) is 13.1. The highest BCUT2D eigenvalue weighted by Gasteiger charge is 2.42. The van der Waals surface area contributed by atoms with Crippen molar-refractivity contribution in [3.05, 3.63) is 88.7 Å². The number of carbonyl (C=O) groups excluding carboxylic acids is 2. The first-order valence-electron chi connectivity index (χ1n) is 18.3. The molecule has 1 fully saturated rings. The molecule has 1 unspecified atom stereocenters. The van der Waals surface area contributed by atoms with E-state index in [9.17, 15) is 14.0 Å². The fourth-order valence-electron chi connectivity index (χ4n) is 8.03. The molecular weight excluding hydrogens is 680 g/mol. The van der Waals surface area contributed by atoms with Crippen LogP contribution in [0.25, 0.3) is 11.1 Å². The summed E-state index contributed by atoms with van der Waals surface area (Å²) in [5.41, 5.74) is 6.94. The average molecular weight is 732 g/mol. The largest absolute Gasteiger partial charge is 0.444 e. The molecule has 2 aliphatic rings. The predicted molar refractivity (Wildman–Crippen MR) is 204 cm³/mol. The Hall–Kier alpha value is -4.23. The molecule has 0 aliphatic carbocycles. The van der Waals surface area contributed by atoms with Gasteiger partial charge in [0.25, 0.3) is 5.91 Å². The van der Waals surface area contributed by atoms with E-state index in [2.05, 4.69) is 57.9 Å². The highest BCUT2D eigenvalue weighted by Crippen LogP contribution is 2.42. The summed E-state index contributed by atoms with van der Waals surface area (Å²) in [6.07, 6.45) is -0.218. The number of benzene rings is 3. The maximum absolute atomic E-state index is 15.9. The van der Waals surface area contributed by atoms with Crippen molar-refractivity contribution < 1.29 is 27.5 Å². The van der Waals surface area contributed by atoms with Crippen LogP contribution in [0.1, 0.15) is 96.3 Å². The number of rotatable bonds is 8. The SMILES string of the molecule is CC(C)[Si](C#CCC(c1cc(F)ccc1F)N1Cc2c(F)cc(-c3ccc(N4CCN(C(=O)OC(C)(C)C)CC4)cc3)cc2C1=O)(C(C)C)C(C)C. The standard InChI is InChI=1S/C42H52F3N3O3Si/c1-27(2)52(28(3)4,29(5)6)22-10-11-39(35-25-32(43)14-17-37(35)44)48-26-36-34(40(48)49)23-31(24-38(36)45)30-12-15-33(16-13-30)46-18-20-47(21-19-46)41(50)51-42(7,8)9/h12-17,23-25,27-29,39H,11,18-21,26H2,1-9H3. The van der Waals surface area contributed by atoms with Crippen molar-refractivity contribution in [2.45, 2.75) is 104 Å². The number of anilines is 1. The van der Waals surface area contributed by atoms with Crippen LogP contribution in [0.15, 0.2) is 54.6 Å². The van der Waals surface area contributed by atoms with Crippen molar-refractivity contribution in [2.75, 3.05) is 31.1 Å². The van der Waals surface area contributed by atoms with Crippen LogP contribution in [0, 0.1) is 28.9 Å². The Morgan fingerprint density at radius 2 is 1.44 bits per heavy atom. The molecule has 0 bridgehead atoms. The van der Waals surface area contributed by atoms with Gasteiger partial charge >= 0.3 is 6.09 Å². The first-order valence-corrected chi connectivity index (χ1v) is 20.6. The zero-order valence-electron chi connectivity index (χ0n) is 31.9. The lowest BCUT2D eigenvalue weighted by atomic mass is 9.99. The van der Waals surface area contributed by atoms with Gasteiger partial charge in [-0.05, 0) is 91.0 Å². The van der Waals surface area contributed by atoms with E-state index in [-0.39, 0.29) is 35.7 Å². The number of amides is 2. The van der Waals surface area contributed by atoms with Crippen LogP contribution in [0.4, 0.5) is 23.7 Å². The minimum Gasteiger partial charge on any atom is -0.444 e. The van der Waals surface area contributed by atoms with E-state index in [1.807, 2.05) is 45.0 Å². The summed E-state index contributed by atoms with van der Waals surface area (Å²) in [7, 11) is -2.14. The summed E-state index contributed by atoms with van der Waals surface area (Å²) in [5.74, 6) is 1.13. The maximum atomic E-state index is 15.9. The van der Waals surface area contributed by atoms with Crippen LogP contribution in [0.5, 0.6) is 0 Å². The molecule has 2 aliphatic heterocycles. The van der Waals surface area contributed by atoms with Gasteiger partial charge in [-0.2, -0.15) is 0 Å². The van der Waals surface area contributed by atoms with Gasteiger partial charge in [0.1, 0.15) is 31.1 Å². The highest BCUT2D eigenvalue weighted by atomic mass is 28.3. The van der Waals surface area contributed by atoms with Crippen molar-refractivity contribution in [3.8, 4) is 22.6 Å². The second kappa shape index (κ2) is 15.4. The molecule has 0 saturated carbocycles. The van der Waals surface area contributed by atoms with E-state index in [0.717, 1.165) is 29.4 Å². The van der Waals surface area contributed by atoms with Crippen LogP contribution in [-0.4, -0.2) is 61.7 Å². The average Bonchev–Trinajstić information content (AvgIpc) is 3.41. The molecule has 6 nitrogen and oxygen atoms in total. The number of ether oxygens (including phenoxy) is 1. The van der Waals surface area contributed by atoms with Crippen molar-refractivity contribution in [1.82, 2.24) is 9.80 Å². The third kappa shape index (κ3) is 8.05. The molecule has 278 valence electrons. The summed E-state index contributed by atoms with van der Waals surface area (Å²) < 4.78 is 51.3.